The van der Waals surface area contributed by atoms with Gasteiger partial charge in [-0.15, -0.1) is 0 Å². The third-order valence-electron chi connectivity index (χ3n) is 4.96. The Hall–Kier alpha value is -2.59. The molecule has 2 atom stereocenters. The molecule has 1 fully saturated rings. The summed E-state index contributed by atoms with van der Waals surface area (Å²) in [5.41, 5.74) is 1.59. The third-order valence-corrected chi connectivity index (χ3v) is 4.96. The summed E-state index contributed by atoms with van der Waals surface area (Å²) in [7, 11) is 4.11. The first kappa shape index (κ1) is 17.2. The summed E-state index contributed by atoms with van der Waals surface area (Å²) in [4.78, 5) is 19.0. The minimum absolute atomic E-state index is 0.160. The monoisotopic (exact) mass is 341 g/mol. The van der Waals surface area contributed by atoms with Crippen molar-refractivity contribution in [2.24, 2.45) is 13.0 Å². The number of furan rings is 1. The molecule has 7 heteroatoms. The molecule has 2 aromatic rings. The van der Waals surface area contributed by atoms with Crippen LogP contribution in [-0.2, 0) is 7.05 Å². The maximum atomic E-state index is 12.5. The zero-order valence-electron chi connectivity index (χ0n) is 14.8. The van der Waals surface area contributed by atoms with Gasteiger partial charge in [0.2, 0.25) is 5.76 Å². The fraction of sp³-hybridized carbons (Fsp3) is 0.500. The number of nitriles is 1. The second-order valence-electron chi connectivity index (χ2n) is 6.66. The van der Waals surface area contributed by atoms with Gasteiger partial charge in [0.15, 0.2) is 0 Å². The SMILES string of the molecule is Cc1oc(C#N)cc1C(=O)NC[C@@H]1CCCN(C)[C@H]1c1cncn1C. The van der Waals surface area contributed by atoms with E-state index < -0.39 is 0 Å². The topological polar surface area (TPSA) is 87.1 Å². The van der Waals surface area contributed by atoms with Crippen LogP contribution in [0.3, 0.4) is 0 Å². The number of hydrogen-bond donors (Lipinski definition) is 1. The Morgan fingerprint density at radius 1 is 1.52 bits per heavy atom. The van der Waals surface area contributed by atoms with E-state index in [9.17, 15) is 4.79 Å². The van der Waals surface area contributed by atoms with Gasteiger partial charge in [-0.05, 0) is 39.3 Å². The number of carbonyl (C=O) groups excluding carboxylic acids is 1. The third kappa shape index (κ3) is 3.44. The summed E-state index contributed by atoms with van der Waals surface area (Å²) in [5, 5.41) is 11.9. The highest BCUT2D eigenvalue weighted by atomic mass is 16.3. The van der Waals surface area contributed by atoms with Gasteiger partial charge in [-0.3, -0.25) is 9.69 Å². The van der Waals surface area contributed by atoms with E-state index in [0.717, 1.165) is 25.1 Å². The molecule has 3 heterocycles. The van der Waals surface area contributed by atoms with E-state index in [0.29, 0.717) is 23.8 Å². The van der Waals surface area contributed by atoms with Crippen LogP contribution in [0.25, 0.3) is 0 Å². The quantitative estimate of drug-likeness (QED) is 0.919. The molecule has 132 valence electrons. The predicted octanol–water partition coefficient (Wildman–Crippen LogP) is 2.01. The Balaban J connectivity index is 1.72. The van der Waals surface area contributed by atoms with E-state index in [1.807, 2.05) is 30.2 Å². The lowest BCUT2D eigenvalue weighted by atomic mass is 9.87. The summed E-state index contributed by atoms with van der Waals surface area (Å²) in [5.74, 6) is 0.742. The van der Waals surface area contributed by atoms with Crippen molar-refractivity contribution in [2.75, 3.05) is 20.1 Å². The standard InChI is InChI=1S/C18H23N5O2/c1-12-15(7-14(8-19)25-12)18(24)21-9-13-5-4-6-22(2)17(13)16-10-20-11-23(16)3/h7,10-11,13,17H,4-6,9H2,1-3H3,(H,21,24)/t13-,17+/m0/s1. The van der Waals surface area contributed by atoms with Crippen molar-refractivity contribution in [3.8, 4) is 6.07 Å². The van der Waals surface area contributed by atoms with Gasteiger partial charge in [-0.2, -0.15) is 5.26 Å². The normalized spacial score (nSPS) is 21.0. The van der Waals surface area contributed by atoms with E-state index in [1.54, 1.807) is 6.92 Å². The van der Waals surface area contributed by atoms with Gasteiger partial charge in [0.05, 0.1) is 23.6 Å². The molecule has 1 saturated heterocycles. The summed E-state index contributed by atoms with van der Waals surface area (Å²) >= 11 is 0. The van der Waals surface area contributed by atoms with E-state index in [2.05, 4.69) is 22.2 Å². The highest BCUT2D eigenvalue weighted by Crippen LogP contribution is 2.34. The smallest absolute Gasteiger partial charge is 0.254 e. The lowest BCUT2D eigenvalue weighted by Crippen LogP contribution is -2.42. The zero-order valence-corrected chi connectivity index (χ0v) is 14.8. The van der Waals surface area contributed by atoms with Crippen LogP contribution in [0.5, 0.6) is 0 Å². The fourth-order valence-corrected chi connectivity index (χ4v) is 3.67. The number of piperidine rings is 1. The Kier molecular flexibility index (Phi) is 4.91. The number of aryl methyl sites for hydroxylation is 2. The van der Waals surface area contributed by atoms with Crippen molar-refractivity contribution >= 4 is 5.91 Å². The Bertz CT molecular complexity index is 801. The molecule has 0 bridgehead atoms. The molecule has 1 aliphatic heterocycles. The molecule has 1 aliphatic rings. The summed E-state index contributed by atoms with van der Waals surface area (Å²) < 4.78 is 7.29. The van der Waals surface area contributed by atoms with E-state index in [1.165, 1.54) is 6.07 Å². The molecule has 1 N–H and O–H groups in total. The summed E-state index contributed by atoms with van der Waals surface area (Å²) in [6.07, 6.45) is 5.87. The Labute approximate surface area is 147 Å². The highest BCUT2D eigenvalue weighted by molar-refractivity contribution is 5.95. The largest absolute Gasteiger partial charge is 0.450 e. The van der Waals surface area contributed by atoms with Crippen molar-refractivity contribution in [1.82, 2.24) is 19.8 Å². The number of aromatic nitrogens is 2. The van der Waals surface area contributed by atoms with Crippen LogP contribution in [-0.4, -0.2) is 40.5 Å². The van der Waals surface area contributed by atoms with Crippen molar-refractivity contribution in [2.45, 2.75) is 25.8 Å². The van der Waals surface area contributed by atoms with E-state index >= 15 is 0 Å². The number of likely N-dealkylation sites (tertiary alicyclic amines) is 1. The molecule has 0 saturated carbocycles. The van der Waals surface area contributed by atoms with Crippen LogP contribution in [0.2, 0.25) is 0 Å². The van der Waals surface area contributed by atoms with Gasteiger partial charge in [-0.25, -0.2) is 4.98 Å². The molecule has 0 aromatic carbocycles. The zero-order chi connectivity index (χ0) is 18.0. The van der Waals surface area contributed by atoms with Crippen LogP contribution in [0, 0.1) is 24.2 Å². The molecule has 0 spiro atoms. The molecule has 1 amide bonds. The maximum absolute atomic E-state index is 12.5. The van der Waals surface area contributed by atoms with E-state index in [-0.39, 0.29) is 17.7 Å². The first-order valence-electron chi connectivity index (χ1n) is 8.46. The number of rotatable bonds is 4. The molecular weight excluding hydrogens is 318 g/mol. The van der Waals surface area contributed by atoms with Crippen molar-refractivity contribution in [3.05, 3.63) is 41.4 Å². The number of hydrogen-bond acceptors (Lipinski definition) is 5. The van der Waals surface area contributed by atoms with Gasteiger partial charge in [-0.1, -0.05) is 0 Å². The Morgan fingerprint density at radius 3 is 2.96 bits per heavy atom. The average molecular weight is 341 g/mol. The molecule has 3 rings (SSSR count). The minimum Gasteiger partial charge on any atom is -0.450 e. The van der Waals surface area contributed by atoms with Gasteiger partial charge >= 0.3 is 0 Å². The van der Waals surface area contributed by atoms with E-state index in [4.69, 9.17) is 9.68 Å². The first-order valence-corrected chi connectivity index (χ1v) is 8.46. The molecule has 0 unspecified atom stereocenters. The number of nitrogens with one attached hydrogen (secondary N) is 1. The van der Waals surface area contributed by atoms with Crippen LogP contribution in [0.4, 0.5) is 0 Å². The van der Waals surface area contributed by atoms with Crippen molar-refractivity contribution < 1.29 is 9.21 Å². The lowest BCUT2D eigenvalue weighted by molar-refractivity contribution is 0.0880. The maximum Gasteiger partial charge on any atom is 0.254 e. The number of nitrogens with zero attached hydrogens (tertiary/aromatic N) is 4. The number of imidazole rings is 1. The molecule has 2 aromatic heterocycles. The highest BCUT2D eigenvalue weighted by Gasteiger charge is 2.32. The van der Waals surface area contributed by atoms with Crippen LogP contribution in [0.1, 0.15) is 46.5 Å². The molecule has 0 radical (unpaired) electrons. The van der Waals surface area contributed by atoms with Crippen LogP contribution < -0.4 is 5.32 Å². The lowest BCUT2D eigenvalue weighted by Gasteiger charge is -2.39. The average Bonchev–Trinajstić information content (AvgIpc) is 3.18. The van der Waals surface area contributed by atoms with Crippen LogP contribution >= 0.6 is 0 Å². The summed E-state index contributed by atoms with van der Waals surface area (Å²) in [6.45, 7) is 3.31. The molecule has 0 aliphatic carbocycles. The van der Waals surface area contributed by atoms with Gasteiger partial charge in [0, 0.05) is 25.9 Å². The molecule has 25 heavy (non-hydrogen) atoms. The fourth-order valence-electron chi connectivity index (χ4n) is 3.67. The van der Waals surface area contributed by atoms with Crippen molar-refractivity contribution in [1.29, 1.82) is 5.26 Å². The van der Waals surface area contributed by atoms with Gasteiger partial charge in [0.25, 0.3) is 5.91 Å². The van der Waals surface area contributed by atoms with Gasteiger partial charge in [0.1, 0.15) is 11.8 Å². The van der Waals surface area contributed by atoms with Gasteiger partial charge < -0.3 is 14.3 Å². The second-order valence-corrected chi connectivity index (χ2v) is 6.66. The summed E-state index contributed by atoms with van der Waals surface area (Å²) in [6, 6.07) is 3.64. The predicted molar refractivity (Wildman–Crippen MR) is 91.8 cm³/mol. The van der Waals surface area contributed by atoms with Crippen molar-refractivity contribution in [3.63, 3.8) is 0 Å². The molecular formula is C18H23N5O2. The minimum atomic E-state index is -0.195. The first-order chi connectivity index (χ1) is 12.0. The second kappa shape index (κ2) is 7.11. The number of amides is 1. The Morgan fingerprint density at radius 2 is 2.32 bits per heavy atom. The van der Waals surface area contributed by atoms with Crippen LogP contribution in [0.15, 0.2) is 23.0 Å². The number of carbonyl (C=O) groups is 1. The molecule has 7 nitrogen and oxygen atoms in total.